The second-order valence-corrected chi connectivity index (χ2v) is 5.03. The first kappa shape index (κ1) is 12.9. The normalized spacial score (nSPS) is 12.2. The van der Waals surface area contributed by atoms with Crippen LogP contribution in [-0.4, -0.2) is 17.9 Å². The maximum atomic E-state index is 12.3. The Hall–Kier alpha value is -1.55. The van der Waals surface area contributed by atoms with E-state index in [2.05, 4.69) is 15.9 Å². The molecule has 1 atom stereocenters. The Morgan fingerprint density at radius 3 is 2.50 bits per heavy atom. The zero-order valence-corrected chi connectivity index (χ0v) is 11.8. The molecule has 1 aromatic heterocycles. The fourth-order valence-corrected chi connectivity index (χ4v) is 1.96. The number of nitrogens with zero attached hydrogens (tertiary/aromatic N) is 1. The van der Waals surface area contributed by atoms with E-state index in [0.29, 0.717) is 5.56 Å². The molecule has 0 aliphatic heterocycles. The van der Waals surface area contributed by atoms with E-state index in [1.807, 2.05) is 31.2 Å². The number of furan rings is 1. The lowest BCUT2D eigenvalue weighted by atomic mass is 10.1. The molecule has 0 radical (unpaired) electrons. The number of benzene rings is 1. The lowest BCUT2D eigenvalue weighted by molar-refractivity contribution is 0.0726. The zero-order valence-electron chi connectivity index (χ0n) is 10.3. The number of hydrogen-bond donors (Lipinski definition) is 0. The van der Waals surface area contributed by atoms with Crippen molar-refractivity contribution in [2.45, 2.75) is 13.0 Å². The molecular formula is C14H14BrNO2. The molecule has 4 heteroatoms. The van der Waals surface area contributed by atoms with E-state index in [9.17, 15) is 4.79 Å². The highest BCUT2D eigenvalue weighted by molar-refractivity contribution is 9.10. The molecule has 2 rings (SSSR count). The van der Waals surface area contributed by atoms with Crippen LogP contribution in [0.4, 0.5) is 0 Å². The monoisotopic (exact) mass is 307 g/mol. The molecule has 0 saturated carbocycles. The Morgan fingerprint density at radius 1 is 1.28 bits per heavy atom. The van der Waals surface area contributed by atoms with Gasteiger partial charge in [0.25, 0.3) is 5.91 Å². The van der Waals surface area contributed by atoms with Crippen molar-refractivity contribution in [3.63, 3.8) is 0 Å². The van der Waals surface area contributed by atoms with Gasteiger partial charge in [-0.05, 0) is 43.3 Å². The molecule has 0 aliphatic carbocycles. The number of carbonyl (C=O) groups is 1. The van der Waals surface area contributed by atoms with Crippen LogP contribution in [0.1, 0.15) is 29.1 Å². The molecule has 1 heterocycles. The average Bonchev–Trinajstić information content (AvgIpc) is 2.91. The van der Waals surface area contributed by atoms with Gasteiger partial charge in [-0.15, -0.1) is 0 Å². The summed E-state index contributed by atoms with van der Waals surface area (Å²) in [6.45, 7) is 1.94. The van der Waals surface area contributed by atoms with E-state index in [4.69, 9.17) is 4.42 Å². The molecule has 2 aromatic rings. The van der Waals surface area contributed by atoms with E-state index in [-0.39, 0.29) is 11.9 Å². The van der Waals surface area contributed by atoms with Crippen molar-refractivity contribution < 1.29 is 9.21 Å². The van der Waals surface area contributed by atoms with Crippen molar-refractivity contribution in [2.24, 2.45) is 0 Å². The predicted molar refractivity (Wildman–Crippen MR) is 73.4 cm³/mol. The smallest absolute Gasteiger partial charge is 0.254 e. The topological polar surface area (TPSA) is 33.5 Å². The third-order valence-corrected chi connectivity index (χ3v) is 3.48. The quantitative estimate of drug-likeness (QED) is 0.862. The van der Waals surface area contributed by atoms with E-state index in [1.54, 1.807) is 30.3 Å². The first-order valence-electron chi connectivity index (χ1n) is 5.65. The van der Waals surface area contributed by atoms with Crippen LogP contribution in [0.5, 0.6) is 0 Å². The lowest BCUT2D eigenvalue weighted by Gasteiger charge is -2.23. The van der Waals surface area contributed by atoms with Gasteiger partial charge in [-0.25, -0.2) is 0 Å². The molecule has 18 heavy (non-hydrogen) atoms. The predicted octanol–water partition coefficient (Wildman–Crippen LogP) is 3.88. The SMILES string of the molecule is CC(c1ccco1)N(C)C(=O)c1ccc(Br)cc1. The van der Waals surface area contributed by atoms with Crippen molar-refractivity contribution in [2.75, 3.05) is 7.05 Å². The third-order valence-electron chi connectivity index (χ3n) is 2.95. The molecule has 1 amide bonds. The molecule has 0 fully saturated rings. The fourth-order valence-electron chi connectivity index (χ4n) is 1.69. The van der Waals surface area contributed by atoms with Crippen LogP contribution in [0.2, 0.25) is 0 Å². The molecule has 0 spiro atoms. The first-order chi connectivity index (χ1) is 8.59. The highest BCUT2D eigenvalue weighted by Gasteiger charge is 2.20. The molecular weight excluding hydrogens is 294 g/mol. The van der Waals surface area contributed by atoms with Gasteiger partial charge < -0.3 is 9.32 Å². The maximum absolute atomic E-state index is 12.3. The second kappa shape index (κ2) is 5.40. The van der Waals surface area contributed by atoms with Crippen LogP contribution in [0, 0.1) is 0 Å². The number of rotatable bonds is 3. The van der Waals surface area contributed by atoms with Crippen LogP contribution in [0.25, 0.3) is 0 Å². The fraction of sp³-hybridized carbons (Fsp3) is 0.214. The van der Waals surface area contributed by atoms with Gasteiger partial charge in [0, 0.05) is 17.1 Å². The summed E-state index contributed by atoms with van der Waals surface area (Å²) in [5.41, 5.74) is 0.666. The summed E-state index contributed by atoms with van der Waals surface area (Å²) >= 11 is 3.35. The lowest BCUT2D eigenvalue weighted by Crippen LogP contribution is -2.29. The van der Waals surface area contributed by atoms with Crippen LogP contribution in [0.15, 0.2) is 51.6 Å². The van der Waals surface area contributed by atoms with Gasteiger partial charge >= 0.3 is 0 Å². The Labute approximate surface area is 115 Å². The van der Waals surface area contributed by atoms with E-state index < -0.39 is 0 Å². The van der Waals surface area contributed by atoms with Gasteiger partial charge in [0.2, 0.25) is 0 Å². The van der Waals surface area contributed by atoms with Crippen LogP contribution >= 0.6 is 15.9 Å². The number of carbonyl (C=O) groups excluding carboxylic acids is 1. The summed E-state index contributed by atoms with van der Waals surface area (Å²) < 4.78 is 6.28. The molecule has 94 valence electrons. The second-order valence-electron chi connectivity index (χ2n) is 4.11. The van der Waals surface area contributed by atoms with Gasteiger partial charge in [0.05, 0.1) is 12.3 Å². The minimum Gasteiger partial charge on any atom is -0.467 e. The van der Waals surface area contributed by atoms with Gasteiger partial charge in [-0.2, -0.15) is 0 Å². The molecule has 1 unspecified atom stereocenters. The van der Waals surface area contributed by atoms with Gasteiger partial charge in [-0.3, -0.25) is 4.79 Å². The highest BCUT2D eigenvalue weighted by atomic mass is 79.9. The Bertz CT molecular complexity index is 519. The van der Waals surface area contributed by atoms with Crippen LogP contribution in [0.3, 0.4) is 0 Å². The summed E-state index contributed by atoms with van der Waals surface area (Å²) in [6.07, 6.45) is 1.61. The number of hydrogen-bond acceptors (Lipinski definition) is 2. The highest BCUT2D eigenvalue weighted by Crippen LogP contribution is 2.21. The van der Waals surface area contributed by atoms with Crippen molar-refractivity contribution >= 4 is 21.8 Å². The number of halogens is 1. The van der Waals surface area contributed by atoms with Crippen molar-refractivity contribution in [1.82, 2.24) is 4.90 Å². The molecule has 0 saturated heterocycles. The van der Waals surface area contributed by atoms with E-state index >= 15 is 0 Å². The van der Waals surface area contributed by atoms with Gasteiger partial charge in [0.15, 0.2) is 0 Å². The molecule has 3 nitrogen and oxygen atoms in total. The molecule has 0 bridgehead atoms. The Balaban J connectivity index is 2.16. The number of amides is 1. The van der Waals surface area contributed by atoms with Crippen molar-refractivity contribution in [3.05, 3.63) is 58.5 Å². The Kier molecular flexibility index (Phi) is 3.87. The standard InChI is InChI=1S/C14H14BrNO2/c1-10(13-4-3-9-18-13)16(2)14(17)11-5-7-12(15)8-6-11/h3-10H,1-2H3. The summed E-state index contributed by atoms with van der Waals surface area (Å²) in [6, 6.07) is 10.9. The summed E-state index contributed by atoms with van der Waals surface area (Å²) in [5, 5.41) is 0. The molecule has 1 aromatic carbocycles. The van der Waals surface area contributed by atoms with Crippen molar-refractivity contribution in [1.29, 1.82) is 0 Å². The summed E-state index contributed by atoms with van der Waals surface area (Å²) in [5.74, 6) is 0.759. The molecule has 0 N–H and O–H groups in total. The molecule has 0 aliphatic rings. The average molecular weight is 308 g/mol. The summed E-state index contributed by atoms with van der Waals surface area (Å²) in [4.78, 5) is 13.9. The third kappa shape index (κ3) is 2.64. The minimum absolute atomic E-state index is 0.0219. The zero-order chi connectivity index (χ0) is 13.1. The minimum atomic E-state index is -0.0869. The van der Waals surface area contributed by atoms with Gasteiger partial charge in [-0.1, -0.05) is 15.9 Å². The van der Waals surface area contributed by atoms with Crippen molar-refractivity contribution in [3.8, 4) is 0 Å². The summed E-state index contributed by atoms with van der Waals surface area (Å²) in [7, 11) is 1.78. The van der Waals surface area contributed by atoms with Crippen LogP contribution in [-0.2, 0) is 0 Å². The Morgan fingerprint density at radius 2 is 1.94 bits per heavy atom. The van der Waals surface area contributed by atoms with E-state index in [0.717, 1.165) is 10.2 Å². The van der Waals surface area contributed by atoms with E-state index in [1.165, 1.54) is 0 Å². The first-order valence-corrected chi connectivity index (χ1v) is 6.45. The maximum Gasteiger partial charge on any atom is 0.254 e. The van der Waals surface area contributed by atoms with Crippen LogP contribution < -0.4 is 0 Å². The van der Waals surface area contributed by atoms with Gasteiger partial charge in [0.1, 0.15) is 5.76 Å². The largest absolute Gasteiger partial charge is 0.467 e.